The van der Waals surface area contributed by atoms with Crippen LogP contribution in [0.2, 0.25) is 5.02 Å². The van der Waals surface area contributed by atoms with Crippen LogP contribution in [0.25, 0.3) is 16.9 Å². The minimum Gasteiger partial charge on any atom is -0.390 e. The minimum absolute atomic E-state index is 0.0787. The van der Waals surface area contributed by atoms with Crippen molar-refractivity contribution in [3.8, 4) is 11.3 Å². The number of hydrogen-bond donors (Lipinski definition) is 1. The number of imidazole rings is 1. The molecule has 3 nitrogen and oxygen atoms in total. The smallest absolute Gasteiger partial charge is 0.137 e. The Labute approximate surface area is 116 Å². The predicted octanol–water partition coefficient (Wildman–Crippen LogP) is 3.46. The number of aromatic nitrogens is 2. The molecule has 0 atom stereocenters. The first kappa shape index (κ1) is 12.2. The Kier molecular flexibility index (Phi) is 3.01. The van der Waals surface area contributed by atoms with E-state index in [1.165, 1.54) is 5.56 Å². The Morgan fingerprint density at radius 1 is 1.16 bits per heavy atom. The van der Waals surface area contributed by atoms with Crippen LogP contribution in [0.1, 0.15) is 11.3 Å². The van der Waals surface area contributed by atoms with Gasteiger partial charge in [-0.05, 0) is 19.1 Å². The molecule has 3 aromatic rings. The van der Waals surface area contributed by atoms with Gasteiger partial charge in [-0.3, -0.25) is 4.40 Å². The largest absolute Gasteiger partial charge is 0.390 e. The number of pyridine rings is 1. The SMILES string of the molecule is Cc1ccc(-c2nc3ccc(Cl)cn3c2CO)cc1. The summed E-state index contributed by atoms with van der Waals surface area (Å²) in [7, 11) is 0. The summed E-state index contributed by atoms with van der Waals surface area (Å²) >= 11 is 5.99. The third-order valence-electron chi connectivity index (χ3n) is 3.16. The van der Waals surface area contributed by atoms with Gasteiger partial charge in [-0.1, -0.05) is 41.4 Å². The first-order valence-electron chi connectivity index (χ1n) is 6.03. The number of nitrogens with zero attached hydrogens (tertiary/aromatic N) is 2. The Morgan fingerprint density at radius 3 is 2.58 bits per heavy atom. The van der Waals surface area contributed by atoms with E-state index in [1.54, 1.807) is 12.3 Å². The molecular weight excluding hydrogens is 260 g/mol. The molecule has 0 unspecified atom stereocenters. The van der Waals surface area contributed by atoms with E-state index in [4.69, 9.17) is 11.6 Å². The first-order valence-corrected chi connectivity index (χ1v) is 6.41. The molecule has 0 saturated carbocycles. The van der Waals surface area contributed by atoms with E-state index in [0.717, 1.165) is 22.6 Å². The molecule has 0 fully saturated rings. The molecule has 0 aliphatic rings. The fourth-order valence-electron chi connectivity index (χ4n) is 2.16. The zero-order valence-corrected chi connectivity index (χ0v) is 11.2. The molecule has 96 valence electrons. The molecule has 3 rings (SSSR count). The Bertz CT molecular complexity index is 732. The molecule has 0 aliphatic heterocycles. The summed E-state index contributed by atoms with van der Waals surface area (Å²) in [5.41, 5.74) is 4.52. The van der Waals surface area contributed by atoms with Crippen LogP contribution in [0.5, 0.6) is 0 Å². The van der Waals surface area contributed by atoms with Gasteiger partial charge in [0.2, 0.25) is 0 Å². The van der Waals surface area contributed by atoms with Crippen LogP contribution in [-0.4, -0.2) is 14.5 Å². The summed E-state index contributed by atoms with van der Waals surface area (Å²) in [5, 5.41) is 10.2. The van der Waals surface area contributed by atoms with E-state index in [0.29, 0.717) is 5.02 Å². The molecule has 2 heterocycles. The second-order valence-electron chi connectivity index (χ2n) is 4.51. The number of halogens is 1. The summed E-state index contributed by atoms with van der Waals surface area (Å²) in [6.45, 7) is 1.96. The highest BCUT2D eigenvalue weighted by Crippen LogP contribution is 2.26. The van der Waals surface area contributed by atoms with Gasteiger partial charge in [-0.25, -0.2) is 4.98 Å². The number of aliphatic hydroxyl groups excluding tert-OH is 1. The topological polar surface area (TPSA) is 37.5 Å². The van der Waals surface area contributed by atoms with Gasteiger partial charge in [0.15, 0.2) is 0 Å². The summed E-state index contributed by atoms with van der Waals surface area (Å²) in [6.07, 6.45) is 1.77. The Hall–Kier alpha value is -1.84. The Balaban J connectivity index is 2.25. The van der Waals surface area contributed by atoms with E-state index >= 15 is 0 Å². The monoisotopic (exact) mass is 272 g/mol. The van der Waals surface area contributed by atoms with E-state index in [1.807, 2.05) is 41.7 Å². The third kappa shape index (κ3) is 2.11. The first-order chi connectivity index (χ1) is 9.19. The van der Waals surface area contributed by atoms with Crippen molar-refractivity contribution in [2.45, 2.75) is 13.5 Å². The molecule has 0 bridgehead atoms. The average molecular weight is 273 g/mol. The van der Waals surface area contributed by atoms with Crippen molar-refractivity contribution in [3.63, 3.8) is 0 Å². The van der Waals surface area contributed by atoms with Crippen LogP contribution < -0.4 is 0 Å². The predicted molar refractivity (Wildman–Crippen MR) is 76.3 cm³/mol. The van der Waals surface area contributed by atoms with Gasteiger partial charge in [0.25, 0.3) is 0 Å². The number of benzene rings is 1. The second-order valence-corrected chi connectivity index (χ2v) is 4.94. The van der Waals surface area contributed by atoms with E-state index in [9.17, 15) is 5.11 Å². The van der Waals surface area contributed by atoms with E-state index in [-0.39, 0.29) is 6.61 Å². The van der Waals surface area contributed by atoms with Crippen molar-refractivity contribution in [1.29, 1.82) is 0 Å². The highest BCUT2D eigenvalue weighted by Gasteiger charge is 2.13. The lowest BCUT2D eigenvalue weighted by molar-refractivity contribution is 0.276. The maximum atomic E-state index is 9.61. The van der Waals surface area contributed by atoms with Crippen molar-refractivity contribution in [3.05, 3.63) is 58.9 Å². The molecule has 0 radical (unpaired) electrons. The molecule has 0 spiro atoms. The van der Waals surface area contributed by atoms with Crippen molar-refractivity contribution in [2.75, 3.05) is 0 Å². The second kappa shape index (κ2) is 4.68. The van der Waals surface area contributed by atoms with Gasteiger partial charge in [-0.15, -0.1) is 0 Å². The fraction of sp³-hybridized carbons (Fsp3) is 0.133. The minimum atomic E-state index is -0.0787. The molecule has 2 aromatic heterocycles. The lowest BCUT2D eigenvalue weighted by atomic mass is 10.1. The van der Waals surface area contributed by atoms with Crippen LogP contribution in [0.3, 0.4) is 0 Å². The van der Waals surface area contributed by atoms with Gasteiger partial charge in [0, 0.05) is 11.8 Å². The molecular formula is C15H13ClN2O. The highest BCUT2D eigenvalue weighted by molar-refractivity contribution is 6.30. The lowest BCUT2D eigenvalue weighted by Crippen LogP contribution is -1.94. The van der Waals surface area contributed by atoms with Crippen LogP contribution in [0.15, 0.2) is 42.6 Å². The van der Waals surface area contributed by atoms with Gasteiger partial charge in [-0.2, -0.15) is 0 Å². The van der Waals surface area contributed by atoms with Gasteiger partial charge < -0.3 is 5.11 Å². The quantitative estimate of drug-likeness (QED) is 0.776. The summed E-state index contributed by atoms with van der Waals surface area (Å²) < 4.78 is 1.83. The highest BCUT2D eigenvalue weighted by atomic mass is 35.5. The van der Waals surface area contributed by atoms with Crippen LogP contribution in [0, 0.1) is 6.92 Å². The maximum Gasteiger partial charge on any atom is 0.137 e. The van der Waals surface area contributed by atoms with Crippen molar-refractivity contribution < 1.29 is 5.11 Å². The van der Waals surface area contributed by atoms with E-state index < -0.39 is 0 Å². The van der Waals surface area contributed by atoms with Gasteiger partial charge in [0.05, 0.1) is 23.0 Å². The van der Waals surface area contributed by atoms with E-state index in [2.05, 4.69) is 4.98 Å². The molecule has 4 heteroatoms. The number of rotatable bonds is 2. The fourth-order valence-corrected chi connectivity index (χ4v) is 2.32. The third-order valence-corrected chi connectivity index (χ3v) is 3.38. The number of hydrogen-bond acceptors (Lipinski definition) is 2. The number of fused-ring (bicyclic) bond motifs is 1. The number of aliphatic hydroxyl groups is 1. The average Bonchev–Trinajstić information content (AvgIpc) is 2.77. The molecule has 0 aliphatic carbocycles. The maximum absolute atomic E-state index is 9.61. The van der Waals surface area contributed by atoms with Gasteiger partial charge >= 0.3 is 0 Å². The Morgan fingerprint density at radius 2 is 1.89 bits per heavy atom. The molecule has 0 amide bonds. The summed E-state index contributed by atoms with van der Waals surface area (Å²) in [5.74, 6) is 0. The summed E-state index contributed by atoms with van der Waals surface area (Å²) in [4.78, 5) is 4.57. The van der Waals surface area contributed by atoms with Crippen LogP contribution in [-0.2, 0) is 6.61 Å². The zero-order valence-electron chi connectivity index (χ0n) is 10.5. The normalized spacial score (nSPS) is 11.1. The van der Waals surface area contributed by atoms with Crippen LogP contribution in [0.4, 0.5) is 0 Å². The zero-order chi connectivity index (χ0) is 13.4. The standard InChI is InChI=1S/C15H13ClN2O/c1-10-2-4-11(5-3-10)15-13(9-19)18-8-12(16)6-7-14(18)17-15/h2-8,19H,9H2,1H3. The molecule has 1 N–H and O–H groups in total. The summed E-state index contributed by atoms with van der Waals surface area (Å²) in [6, 6.07) is 11.7. The van der Waals surface area contributed by atoms with Gasteiger partial charge in [0.1, 0.15) is 5.65 Å². The van der Waals surface area contributed by atoms with Crippen molar-refractivity contribution in [2.24, 2.45) is 0 Å². The van der Waals surface area contributed by atoms with Crippen molar-refractivity contribution >= 4 is 17.2 Å². The molecule has 1 aromatic carbocycles. The molecule has 19 heavy (non-hydrogen) atoms. The lowest BCUT2D eigenvalue weighted by Gasteiger charge is -2.02. The van der Waals surface area contributed by atoms with Crippen LogP contribution >= 0.6 is 11.6 Å². The number of aryl methyl sites for hydroxylation is 1. The molecule has 0 saturated heterocycles. The van der Waals surface area contributed by atoms with Crippen molar-refractivity contribution in [1.82, 2.24) is 9.38 Å².